The zero-order valence-corrected chi connectivity index (χ0v) is 9.61. The highest BCUT2D eigenvalue weighted by Crippen LogP contribution is 2.17. The number of anilines is 1. The van der Waals surface area contributed by atoms with Crippen molar-refractivity contribution in [3.05, 3.63) is 42.5 Å². The van der Waals surface area contributed by atoms with E-state index in [1.54, 1.807) is 24.3 Å². The van der Waals surface area contributed by atoms with Gasteiger partial charge in [0, 0.05) is 12.2 Å². The van der Waals surface area contributed by atoms with E-state index in [4.69, 9.17) is 14.4 Å². The molecule has 0 unspecified atom stereocenters. The fraction of sp³-hybridized carbons (Fsp3) is 0. The van der Waals surface area contributed by atoms with Crippen LogP contribution in [0.5, 0.6) is 0 Å². The third kappa shape index (κ3) is 3.96. The molecule has 1 aliphatic rings. The van der Waals surface area contributed by atoms with Crippen LogP contribution in [0.25, 0.3) is 0 Å². The zero-order valence-electron chi connectivity index (χ0n) is 8.61. The molecule has 90 valence electrons. The van der Waals surface area contributed by atoms with Crippen molar-refractivity contribution in [2.45, 2.75) is 0 Å². The van der Waals surface area contributed by atoms with Gasteiger partial charge in [0.25, 0.3) is 11.8 Å². The van der Waals surface area contributed by atoms with E-state index in [-0.39, 0.29) is 11.8 Å². The van der Waals surface area contributed by atoms with Crippen LogP contribution in [0.15, 0.2) is 42.5 Å². The van der Waals surface area contributed by atoms with Gasteiger partial charge >= 0.3 is 8.25 Å². The Kier molecular flexibility index (Phi) is 4.78. The number of rotatable bonds is 1. The van der Waals surface area contributed by atoms with Gasteiger partial charge in [-0.05, 0) is 12.1 Å². The number of para-hydroxylation sites is 1. The van der Waals surface area contributed by atoms with Crippen LogP contribution in [0.4, 0.5) is 5.69 Å². The average Bonchev–Trinajstić information content (AvgIpc) is 2.59. The molecule has 7 heteroatoms. The van der Waals surface area contributed by atoms with E-state index >= 15 is 0 Å². The zero-order chi connectivity index (χ0) is 12.8. The van der Waals surface area contributed by atoms with E-state index in [0.717, 1.165) is 4.90 Å². The standard InChI is InChI=1S/C10H7NO2.H3O3P/c12-9-6-7-10(13)11(9)8-4-2-1-3-5-8;1-4(2)3/h1-7H;4H,(H2,1,2,3). The van der Waals surface area contributed by atoms with Gasteiger partial charge < -0.3 is 9.79 Å². The predicted molar refractivity (Wildman–Crippen MR) is 61.5 cm³/mol. The fourth-order valence-corrected chi connectivity index (χ4v) is 1.23. The average molecular weight is 255 g/mol. The lowest BCUT2D eigenvalue weighted by Gasteiger charge is -2.12. The number of nitrogens with zero attached hydrogens (tertiary/aromatic N) is 1. The molecule has 17 heavy (non-hydrogen) atoms. The van der Waals surface area contributed by atoms with Crippen LogP contribution < -0.4 is 4.90 Å². The summed E-state index contributed by atoms with van der Waals surface area (Å²) in [5, 5.41) is 0. The van der Waals surface area contributed by atoms with Crippen LogP contribution in [0.1, 0.15) is 0 Å². The first-order valence-corrected chi connectivity index (χ1v) is 5.85. The molecule has 0 bridgehead atoms. The second-order valence-corrected chi connectivity index (χ2v) is 3.53. The minimum Gasteiger partial charge on any atom is -0.326 e. The summed E-state index contributed by atoms with van der Waals surface area (Å²) in [5.74, 6) is -0.563. The molecule has 0 aromatic heterocycles. The molecule has 2 N–H and O–H groups in total. The van der Waals surface area contributed by atoms with E-state index in [2.05, 4.69) is 0 Å². The lowest BCUT2D eigenvalue weighted by molar-refractivity contribution is -0.119. The molecule has 0 saturated carbocycles. The Balaban J connectivity index is 0.000000317. The molecule has 0 fully saturated rings. The molecule has 0 saturated heterocycles. The Morgan fingerprint density at radius 1 is 0.941 bits per heavy atom. The Morgan fingerprint density at radius 2 is 1.35 bits per heavy atom. The molecule has 2 amide bonds. The minimum absolute atomic E-state index is 0.281. The van der Waals surface area contributed by atoms with Crippen LogP contribution in [0, 0.1) is 0 Å². The lowest BCUT2D eigenvalue weighted by Crippen LogP contribution is -2.29. The summed E-state index contributed by atoms with van der Waals surface area (Å²) >= 11 is 0. The Morgan fingerprint density at radius 3 is 1.76 bits per heavy atom. The highest BCUT2D eigenvalue weighted by molar-refractivity contribution is 7.30. The summed E-state index contributed by atoms with van der Waals surface area (Å²) in [6.07, 6.45) is 2.55. The first-order valence-electron chi connectivity index (χ1n) is 4.55. The first kappa shape index (κ1) is 13.3. The molecule has 1 aromatic rings. The molecular weight excluding hydrogens is 245 g/mol. The Bertz CT molecular complexity index is 449. The van der Waals surface area contributed by atoms with Gasteiger partial charge in [0.1, 0.15) is 0 Å². The summed E-state index contributed by atoms with van der Waals surface area (Å²) in [7, 11) is -3.13. The van der Waals surface area contributed by atoms with Crippen molar-refractivity contribution in [2.24, 2.45) is 0 Å². The Labute approximate surface area is 97.8 Å². The summed E-state index contributed by atoms with van der Waals surface area (Å²) in [4.78, 5) is 37.9. The summed E-state index contributed by atoms with van der Waals surface area (Å²) in [6, 6.07) is 8.86. The normalized spacial score (nSPS) is 13.9. The van der Waals surface area contributed by atoms with Crippen LogP contribution in [0.2, 0.25) is 0 Å². The van der Waals surface area contributed by atoms with E-state index < -0.39 is 8.25 Å². The fourth-order valence-electron chi connectivity index (χ4n) is 1.23. The molecule has 6 nitrogen and oxygen atoms in total. The summed E-state index contributed by atoms with van der Waals surface area (Å²) in [6.45, 7) is 0. The topological polar surface area (TPSA) is 94.9 Å². The van der Waals surface area contributed by atoms with Crippen molar-refractivity contribution < 1.29 is 23.9 Å². The van der Waals surface area contributed by atoms with E-state index in [0.29, 0.717) is 5.69 Å². The molecule has 1 aromatic carbocycles. The number of amides is 2. The van der Waals surface area contributed by atoms with Crippen molar-refractivity contribution in [2.75, 3.05) is 4.90 Å². The lowest BCUT2D eigenvalue weighted by atomic mass is 10.3. The van der Waals surface area contributed by atoms with E-state index in [9.17, 15) is 9.59 Å². The van der Waals surface area contributed by atoms with E-state index in [1.165, 1.54) is 12.2 Å². The monoisotopic (exact) mass is 255 g/mol. The van der Waals surface area contributed by atoms with Crippen LogP contribution in [-0.4, -0.2) is 21.6 Å². The molecule has 0 aliphatic carbocycles. The summed E-state index contributed by atoms with van der Waals surface area (Å²) in [5.41, 5.74) is 0.613. The van der Waals surface area contributed by atoms with Gasteiger partial charge in [-0.15, -0.1) is 0 Å². The highest BCUT2D eigenvalue weighted by atomic mass is 31.1. The second-order valence-electron chi connectivity index (χ2n) is 2.96. The maximum absolute atomic E-state index is 11.2. The second kappa shape index (κ2) is 6.10. The van der Waals surface area contributed by atoms with Gasteiger partial charge in [0.2, 0.25) is 0 Å². The molecular formula is C10H10NO5P. The van der Waals surface area contributed by atoms with Gasteiger partial charge in [-0.1, -0.05) is 18.2 Å². The SMILES string of the molecule is O=C1C=CC(=O)N1c1ccccc1.O=[PH](O)O. The molecule has 0 spiro atoms. The largest absolute Gasteiger partial charge is 0.326 e. The van der Waals surface area contributed by atoms with Crippen LogP contribution in [0.3, 0.4) is 0 Å². The van der Waals surface area contributed by atoms with Crippen molar-refractivity contribution in [3.8, 4) is 0 Å². The minimum atomic E-state index is -3.13. The predicted octanol–water partition coefficient (Wildman–Crippen LogP) is 0.477. The number of hydrogen-bond acceptors (Lipinski definition) is 3. The number of hydrogen-bond donors (Lipinski definition) is 2. The van der Waals surface area contributed by atoms with Gasteiger partial charge in [-0.2, -0.15) is 0 Å². The number of carbonyl (C=O) groups is 2. The number of imide groups is 1. The molecule has 1 heterocycles. The third-order valence-corrected chi connectivity index (χ3v) is 1.82. The summed E-state index contributed by atoms with van der Waals surface area (Å²) < 4.78 is 8.74. The van der Waals surface area contributed by atoms with Crippen molar-refractivity contribution >= 4 is 25.8 Å². The van der Waals surface area contributed by atoms with Crippen molar-refractivity contribution in [1.82, 2.24) is 0 Å². The van der Waals surface area contributed by atoms with Crippen LogP contribution in [-0.2, 0) is 14.2 Å². The van der Waals surface area contributed by atoms with Crippen molar-refractivity contribution in [3.63, 3.8) is 0 Å². The quantitative estimate of drug-likeness (QED) is 0.562. The van der Waals surface area contributed by atoms with E-state index in [1.807, 2.05) is 6.07 Å². The molecule has 0 radical (unpaired) electrons. The molecule has 0 atom stereocenters. The molecule has 2 rings (SSSR count). The Hall–Kier alpha value is -1.75. The third-order valence-electron chi connectivity index (χ3n) is 1.82. The maximum atomic E-state index is 11.2. The van der Waals surface area contributed by atoms with Gasteiger partial charge in [-0.3, -0.25) is 14.2 Å². The van der Waals surface area contributed by atoms with Gasteiger partial charge in [-0.25, -0.2) is 4.90 Å². The first-order chi connectivity index (χ1) is 8.02. The van der Waals surface area contributed by atoms with Crippen LogP contribution >= 0.6 is 8.25 Å². The number of benzene rings is 1. The van der Waals surface area contributed by atoms with Gasteiger partial charge in [0.15, 0.2) is 0 Å². The number of carbonyl (C=O) groups excluding carboxylic acids is 2. The maximum Gasteiger partial charge on any atom is 0.314 e. The highest BCUT2D eigenvalue weighted by Gasteiger charge is 2.24. The van der Waals surface area contributed by atoms with Crippen molar-refractivity contribution in [1.29, 1.82) is 0 Å². The smallest absolute Gasteiger partial charge is 0.314 e. The molecule has 1 aliphatic heterocycles. The van der Waals surface area contributed by atoms with Gasteiger partial charge in [0.05, 0.1) is 5.69 Å².